The van der Waals surface area contributed by atoms with Gasteiger partial charge in [0.25, 0.3) is 0 Å². The highest BCUT2D eigenvalue weighted by Gasteiger charge is 2.04. The first-order chi connectivity index (χ1) is 12.1. The summed E-state index contributed by atoms with van der Waals surface area (Å²) in [7, 11) is 0. The Balaban J connectivity index is 1.70. The third kappa shape index (κ3) is 4.55. The van der Waals surface area contributed by atoms with E-state index in [2.05, 4.69) is 20.6 Å². The Kier molecular flexibility index (Phi) is 5.26. The summed E-state index contributed by atoms with van der Waals surface area (Å²) in [5.74, 6) is 1.34. The predicted molar refractivity (Wildman–Crippen MR) is 101 cm³/mol. The summed E-state index contributed by atoms with van der Waals surface area (Å²) in [5.41, 5.74) is 2.44. The lowest BCUT2D eigenvalue weighted by Gasteiger charge is -2.10. The van der Waals surface area contributed by atoms with Crippen molar-refractivity contribution in [2.75, 3.05) is 10.6 Å². The molecule has 0 aliphatic carbocycles. The van der Waals surface area contributed by atoms with Crippen LogP contribution >= 0.6 is 11.6 Å². The fourth-order valence-corrected chi connectivity index (χ4v) is 2.52. The summed E-state index contributed by atoms with van der Waals surface area (Å²) >= 11 is 6.16. The van der Waals surface area contributed by atoms with Crippen LogP contribution in [-0.2, 0) is 6.54 Å². The van der Waals surface area contributed by atoms with Crippen LogP contribution in [0.15, 0.2) is 60.9 Å². The second kappa shape index (κ2) is 7.77. The molecule has 5 nitrogen and oxygen atoms in total. The number of carbonyl (C=O) groups excluding carboxylic acids is 1. The van der Waals surface area contributed by atoms with E-state index in [9.17, 15) is 4.79 Å². The number of carbonyl (C=O) groups is 1. The molecule has 1 aromatic heterocycles. The van der Waals surface area contributed by atoms with E-state index in [1.807, 2.05) is 36.4 Å². The molecule has 0 aliphatic heterocycles. The third-order valence-corrected chi connectivity index (χ3v) is 4.00. The van der Waals surface area contributed by atoms with E-state index in [0.717, 1.165) is 11.3 Å². The summed E-state index contributed by atoms with van der Waals surface area (Å²) < 4.78 is 0. The van der Waals surface area contributed by atoms with Gasteiger partial charge in [0.1, 0.15) is 18.0 Å². The summed E-state index contributed by atoms with van der Waals surface area (Å²) in [4.78, 5) is 19.9. The Morgan fingerprint density at radius 2 is 1.84 bits per heavy atom. The van der Waals surface area contributed by atoms with Gasteiger partial charge < -0.3 is 10.6 Å². The molecule has 2 aromatic carbocycles. The molecule has 0 spiro atoms. The zero-order chi connectivity index (χ0) is 17.6. The smallest absolute Gasteiger partial charge is 0.159 e. The van der Waals surface area contributed by atoms with Crippen molar-refractivity contribution >= 4 is 34.7 Å². The minimum atomic E-state index is 0.0217. The van der Waals surface area contributed by atoms with Crippen LogP contribution in [-0.4, -0.2) is 15.8 Å². The van der Waals surface area contributed by atoms with Crippen molar-refractivity contribution in [2.24, 2.45) is 0 Å². The standard InChI is InChI=1S/C19H17ClN4O/c1-13(25)14-6-4-7-16(9-14)24-19-10-18(22-12-23-19)21-11-15-5-2-3-8-17(15)20/h2-10,12H,11H2,1H3,(H2,21,22,23,24). The Morgan fingerprint density at radius 3 is 2.64 bits per heavy atom. The number of halogens is 1. The maximum absolute atomic E-state index is 11.5. The molecular weight excluding hydrogens is 336 g/mol. The first-order valence-corrected chi connectivity index (χ1v) is 8.17. The summed E-state index contributed by atoms with van der Waals surface area (Å²) in [6, 6.07) is 16.7. The number of benzene rings is 2. The zero-order valence-corrected chi connectivity index (χ0v) is 14.4. The zero-order valence-electron chi connectivity index (χ0n) is 13.7. The quantitative estimate of drug-likeness (QED) is 0.630. The average Bonchev–Trinajstić information content (AvgIpc) is 2.61. The van der Waals surface area contributed by atoms with Crippen LogP contribution in [0, 0.1) is 0 Å². The second-order valence-electron chi connectivity index (χ2n) is 5.50. The van der Waals surface area contributed by atoms with Gasteiger partial charge in [-0.2, -0.15) is 0 Å². The molecule has 1 heterocycles. The Morgan fingerprint density at radius 1 is 1.04 bits per heavy atom. The van der Waals surface area contributed by atoms with Crippen molar-refractivity contribution in [3.63, 3.8) is 0 Å². The maximum Gasteiger partial charge on any atom is 0.159 e. The molecular formula is C19H17ClN4O. The molecule has 25 heavy (non-hydrogen) atoms. The Bertz CT molecular complexity index is 898. The van der Waals surface area contributed by atoms with Crippen molar-refractivity contribution in [2.45, 2.75) is 13.5 Å². The molecule has 0 aliphatic rings. The Labute approximate surface area is 151 Å². The van der Waals surface area contributed by atoms with Gasteiger partial charge in [-0.3, -0.25) is 4.79 Å². The fraction of sp³-hybridized carbons (Fsp3) is 0.105. The van der Waals surface area contributed by atoms with Crippen LogP contribution in [0.1, 0.15) is 22.8 Å². The lowest BCUT2D eigenvalue weighted by molar-refractivity contribution is 0.101. The van der Waals surface area contributed by atoms with Crippen LogP contribution < -0.4 is 10.6 Å². The highest BCUT2D eigenvalue weighted by Crippen LogP contribution is 2.19. The van der Waals surface area contributed by atoms with E-state index in [1.54, 1.807) is 25.1 Å². The second-order valence-corrected chi connectivity index (χ2v) is 5.90. The van der Waals surface area contributed by atoms with Crippen molar-refractivity contribution in [3.05, 3.63) is 77.1 Å². The molecule has 2 N–H and O–H groups in total. The molecule has 126 valence electrons. The SMILES string of the molecule is CC(=O)c1cccc(Nc2cc(NCc3ccccc3Cl)ncn2)c1. The van der Waals surface area contributed by atoms with Gasteiger partial charge in [-0.05, 0) is 30.7 Å². The molecule has 0 saturated carbocycles. The molecule has 0 fully saturated rings. The van der Waals surface area contributed by atoms with Gasteiger partial charge in [-0.25, -0.2) is 9.97 Å². The predicted octanol–water partition coefficient (Wildman–Crippen LogP) is 4.69. The number of aromatic nitrogens is 2. The van der Waals surface area contributed by atoms with E-state index in [-0.39, 0.29) is 5.78 Å². The number of Topliss-reactive ketones (excluding diaryl/α,β-unsaturated/α-hetero) is 1. The number of anilines is 3. The van der Waals surface area contributed by atoms with E-state index in [0.29, 0.717) is 28.8 Å². The number of ketones is 1. The van der Waals surface area contributed by atoms with Crippen LogP contribution in [0.4, 0.5) is 17.3 Å². The molecule has 0 atom stereocenters. The van der Waals surface area contributed by atoms with E-state index in [1.165, 1.54) is 6.33 Å². The number of nitrogens with zero attached hydrogens (tertiary/aromatic N) is 2. The van der Waals surface area contributed by atoms with Gasteiger partial charge >= 0.3 is 0 Å². The van der Waals surface area contributed by atoms with Crippen LogP contribution in [0.2, 0.25) is 5.02 Å². The molecule has 0 unspecified atom stereocenters. The van der Waals surface area contributed by atoms with Crippen molar-refractivity contribution in [1.29, 1.82) is 0 Å². The van der Waals surface area contributed by atoms with Gasteiger partial charge in [0, 0.05) is 28.9 Å². The third-order valence-electron chi connectivity index (χ3n) is 3.63. The summed E-state index contributed by atoms with van der Waals surface area (Å²) in [5, 5.41) is 7.12. The minimum Gasteiger partial charge on any atom is -0.366 e. The average molecular weight is 353 g/mol. The van der Waals surface area contributed by atoms with Crippen LogP contribution in [0.3, 0.4) is 0 Å². The molecule has 0 amide bonds. The maximum atomic E-state index is 11.5. The lowest BCUT2D eigenvalue weighted by Crippen LogP contribution is -2.03. The first-order valence-electron chi connectivity index (χ1n) is 7.79. The van der Waals surface area contributed by atoms with E-state index < -0.39 is 0 Å². The van der Waals surface area contributed by atoms with Crippen molar-refractivity contribution in [3.8, 4) is 0 Å². The molecule has 6 heteroatoms. The number of nitrogens with one attached hydrogen (secondary N) is 2. The van der Waals surface area contributed by atoms with Crippen LogP contribution in [0.25, 0.3) is 0 Å². The molecule has 0 bridgehead atoms. The van der Waals surface area contributed by atoms with Crippen molar-refractivity contribution in [1.82, 2.24) is 9.97 Å². The fourth-order valence-electron chi connectivity index (χ4n) is 2.31. The van der Waals surface area contributed by atoms with Crippen LogP contribution in [0.5, 0.6) is 0 Å². The number of hydrogen-bond donors (Lipinski definition) is 2. The van der Waals surface area contributed by atoms with E-state index in [4.69, 9.17) is 11.6 Å². The monoisotopic (exact) mass is 352 g/mol. The van der Waals surface area contributed by atoms with Gasteiger partial charge in [-0.15, -0.1) is 0 Å². The first kappa shape index (κ1) is 16.9. The van der Waals surface area contributed by atoms with Gasteiger partial charge in [0.2, 0.25) is 0 Å². The molecule has 0 radical (unpaired) electrons. The molecule has 3 aromatic rings. The summed E-state index contributed by atoms with van der Waals surface area (Å²) in [6.07, 6.45) is 1.48. The topological polar surface area (TPSA) is 66.9 Å². The highest BCUT2D eigenvalue weighted by atomic mass is 35.5. The number of hydrogen-bond acceptors (Lipinski definition) is 5. The molecule has 0 saturated heterocycles. The van der Waals surface area contributed by atoms with Gasteiger partial charge in [0.05, 0.1) is 0 Å². The Hall–Kier alpha value is -2.92. The van der Waals surface area contributed by atoms with Gasteiger partial charge in [-0.1, -0.05) is 41.9 Å². The van der Waals surface area contributed by atoms with E-state index >= 15 is 0 Å². The van der Waals surface area contributed by atoms with Gasteiger partial charge in [0.15, 0.2) is 5.78 Å². The largest absolute Gasteiger partial charge is 0.366 e. The minimum absolute atomic E-state index is 0.0217. The molecule has 3 rings (SSSR count). The lowest BCUT2D eigenvalue weighted by atomic mass is 10.1. The summed E-state index contributed by atoms with van der Waals surface area (Å²) in [6.45, 7) is 2.11. The highest BCUT2D eigenvalue weighted by molar-refractivity contribution is 6.31. The number of rotatable bonds is 6. The normalized spacial score (nSPS) is 10.3. The van der Waals surface area contributed by atoms with Crippen molar-refractivity contribution < 1.29 is 4.79 Å².